The number of piperazine rings is 1. The van der Waals surface area contributed by atoms with Crippen LogP contribution in [0.15, 0.2) is 42.7 Å². The molecular weight excluding hydrogens is 339 g/mol. The quantitative estimate of drug-likeness (QED) is 0.905. The highest BCUT2D eigenvalue weighted by atomic mass is 35.5. The van der Waals surface area contributed by atoms with Crippen LogP contribution in [0.25, 0.3) is 0 Å². The average molecular weight is 356 g/mol. The van der Waals surface area contributed by atoms with Gasteiger partial charge in [0.15, 0.2) is 0 Å². The number of rotatable bonds is 3. The Bertz CT molecular complexity index is 691. The fourth-order valence-electron chi connectivity index (χ4n) is 2.99. The average Bonchev–Trinajstić information content (AvgIpc) is 2.55. The van der Waals surface area contributed by atoms with E-state index in [4.69, 9.17) is 11.6 Å². The molecule has 1 atom stereocenters. The molecule has 0 radical (unpaired) electrons. The molecule has 0 saturated carbocycles. The Morgan fingerprint density at radius 2 is 1.96 bits per heavy atom. The lowest BCUT2D eigenvalue weighted by molar-refractivity contribution is -0.137. The maximum absolute atomic E-state index is 13.0. The maximum atomic E-state index is 13.0. The van der Waals surface area contributed by atoms with E-state index in [1.54, 1.807) is 18.5 Å². The van der Waals surface area contributed by atoms with E-state index in [0.29, 0.717) is 12.1 Å². The second kappa shape index (κ2) is 7.09. The van der Waals surface area contributed by atoms with Crippen LogP contribution < -0.4 is 5.32 Å². The second-order valence-corrected chi connectivity index (χ2v) is 6.25. The highest BCUT2D eigenvalue weighted by Gasteiger charge is 2.31. The zero-order valence-corrected chi connectivity index (χ0v) is 13.6. The molecule has 7 heteroatoms. The highest BCUT2D eigenvalue weighted by molar-refractivity contribution is 6.30. The van der Waals surface area contributed by atoms with Gasteiger partial charge in [-0.2, -0.15) is 13.2 Å². The number of nitrogens with zero attached hydrogens (tertiary/aromatic N) is 2. The third-order valence-corrected chi connectivity index (χ3v) is 4.33. The molecule has 2 aromatic rings. The lowest BCUT2D eigenvalue weighted by Crippen LogP contribution is -2.45. The topological polar surface area (TPSA) is 28.2 Å². The van der Waals surface area contributed by atoms with Gasteiger partial charge in [0.1, 0.15) is 0 Å². The van der Waals surface area contributed by atoms with Gasteiger partial charge in [0, 0.05) is 49.6 Å². The first-order valence-electron chi connectivity index (χ1n) is 7.65. The molecular formula is C17H17ClF3N3. The van der Waals surface area contributed by atoms with E-state index in [1.165, 1.54) is 6.07 Å². The summed E-state index contributed by atoms with van der Waals surface area (Å²) < 4.78 is 38.9. The first-order valence-corrected chi connectivity index (χ1v) is 8.02. The standard InChI is InChI=1S/C17H17ClF3N3/c18-15-8-12(7-14(9-15)17(19,20)21)11-24-6-5-23-10-16(24)13-1-3-22-4-2-13/h1-4,7-9,16,23H,5-6,10-11H2. The largest absolute Gasteiger partial charge is 0.416 e. The van der Waals surface area contributed by atoms with Gasteiger partial charge in [-0.1, -0.05) is 11.6 Å². The Morgan fingerprint density at radius 1 is 1.21 bits per heavy atom. The number of nitrogens with one attached hydrogen (secondary N) is 1. The molecule has 0 bridgehead atoms. The van der Waals surface area contributed by atoms with Crippen molar-refractivity contribution in [3.63, 3.8) is 0 Å². The molecule has 24 heavy (non-hydrogen) atoms. The molecule has 2 heterocycles. The van der Waals surface area contributed by atoms with Crippen LogP contribution in [-0.2, 0) is 12.7 Å². The first-order chi connectivity index (χ1) is 11.4. The van der Waals surface area contributed by atoms with E-state index in [9.17, 15) is 13.2 Å². The van der Waals surface area contributed by atoms with Gasteiger partial charge in [-0.15, -0.1) is 0 Å². The van der Waals surface area contributed by atoms with Crippen molar-refractivity contribution < 1.29 is 13.2 Å². The van der Waals surface area contributed by atoms with Crippen LogP contribution in [0.5, 0.6) is 0 Å². The van der Waals surface area contributed by atoms with E-state index in [1.807, 2.05) is 12.1 Å². The Hall–Kier alpha value is -1.63. The van der Waals surface area contributed by atoms with Crippen molar-refractivity contribution in [3.8, 4) is 0 Å². The fourth-order valence-corrected chi connectivity index (χ4v) is 3.25. The van der Waals surface area contributed by atoms with Crippen LogP contribution in [0, 0.1) is 0 Å². The monoisotopic (exact) mass is 355 g/mol. The van der Waals surface area contributed by atoms with Gasteiger partial charge in [0.2, 0.25) is 0 Å². The van der Waals surface area contributed by atoms with Gasteiger partial charge in [-0.25, -0.2) is 0 Å². The number of benzene rings is 1. The Labute approximate surface area is 143 Å². The lowest BCUT2D eigenvalue weighted by Gasteiger charge is -2.36. The maximum Gasteiger partial charge on any atom is 0.416 e. The zero-order chi connectivity index (χ0) is 17.2. The summed E-state index contributed by atoms with van der Waals surface area (Å²) in [7, 11) is 0. The number of alkyl halides is 3. The van der Waals surface area contributed by atoms with Gasteiger partial charge >= 0.3 is 6.18 Å². The van der Waals surface area contributed by atoms with Gasteiger partial charge in [-0.3, -0.25) is 9.88 Å². The predicted molar refractivity (Wildman–Crippen MR) is 86.7 cm³/mol. The molecule has 1 saturated heterocycles. The van der Waals surface area contributed by atoms with E-state index < -0.39 is 11.7 Å². The smallest absolute Gasteiger partial charge is 0.314 e. The SMILES string of the molecule is FC(F)(F)c1cc(Cl)cc(CN2CCNCC2c2ccncc2)c1. The summed E-state index contributed by atoms with van der Waals surface area (Å²) in [6.45, 7) is 2.71. The van der Waals surface area contributed by atoms with Gasteiger partial charge in [0.05, 0.1) is 5.56 Å². The van der Waals surface area contributed by atoms with Crippen molar-refractivity contribution >= 4 is 11.6 Å². The third kappa shape index (κ3) is 4.06. The van der Waals surface area contributed by atoms with E-state index in [0.717, 1.165) is 31.3 Å². The number of halogens is 4. The van der Waals surface area contributed by atoms with Gasteiger partial charge in [0.25, 0.3) is 0 Å². The molecule has 0 amide bonds. The van der Waals surface area contributed by atoms with Crippen molar-refractivity contribution in [1.29, 1.82) is 0 Å². The summed E-state index contributed by atoms with van der Waals surface area (Å²) in [6.07, 6.45) is -0.944. The molecule has 0 spiro atoms. The molecule has 1 unspecified atom stereocenters. The predicted octanol–water partition coefficient (Wildman–Crippen LogP) is 3.90. The van der Waals surface area contributed by atoms with Gasteiger partial charge in [-0.05, 0) is 41.5 Å². The zero-order valence-electron chi connectivity index (χ0n) is 12.9. The molecule has 1 aliphatic heterocycles. The van der Waals surface area contributed by atoms with Gasteiger partial charge < -0.3 is 5.32 Å². The van der Waals surface area contributed by atoms with Crippen molar-refractivity contribution in [1.82, 2.24) is 15.2 Å². The van der Waals surface area contributed by atoms with Crippen molar-refractivity contribution in [3.05, 3.63) is 64.4 Å². The van der Waals surface area contributed by atoms with Crippen LogP contribution >= 0.6 is 11.6 Å². The van der Waals surface area contributed by atoms with E-state index in [2.05, 4.69) is 15.2 Å². The van der Waals surface area contributed by atoms with Crippen LogP contribution in [0.2, 0.25) is 5.02 Å². The first kappa shape index (κ1) is 17.2. The lowest BCUT2D eigenvalue weighted by atomic mass is 10.0. The number of aromatic nitrogens is 1. The highest BCUT2D eigenvalue weighted by Crippen LogP contribution is 2.33. The van der Waals surface area contributed by atoms with E-state index >= 15 is 0 Å². The third-order valence-electron chi connectivity index (χ3n) is 4.12. The van der Waals surface area contributed by atoms with Crippen LogP contribution in [0.3, 0.4) is 0 Å². The summed E-state index contributed by atoms with van der Waals surface area (Å²) >= 11 is 5.89. The van der Waals surface area contributed by atoms with E-state index in [-0.39, 0.29) is 11.1 Å². The molecule has 0 aliphatic carbocycles. The molecule has 1 aromatic carbocycles. The van der Waals surface area contributed by atoms with Crippen molar-refractivity contribution in [2.24, 2.45) is 0 Å². The van der Waals surface area contributed by atoms with Crippen molar-refractivity contribution in [2.75, 3.05) is 19.6 Å². The van der Waals surface area contributed by atoms with Crippen molar-refractivity contribution in [2.45, 2.75) is 18.8 Å². The number of pyridine rings is 1. The summed E-state index contributed by atoms with van der Waals surface area (Å²) in [5.74, 6) is 0. The molecule has 1 N–H and O–H groups in total. The minimum Gasteiger partial charge on any atom is -0.314 e. The molecule has 1 aliphatic rings. The number of hydrogen-bond donors (Lipinski definition) is 1. The number of hydrogen-bond acceptors (Lipinski definition) is 3. The summed E-state index contributed by atoms with van der Waals surface area (Å²) in [6, 6.07) is 7.70. The van der Waals surface area contributed by atoms with Crippen LogP contribution in [-0.4, -0.2) is 29.5 Å². The fraction of sp³-hybridized carbons (Fsp3) is 0.353. The second-order valence-electron chi connectivity index (χ2n) is 5.82. The molecule has 128 valence electrons. The minimum absolute atomic E-state index is 0.0927. The summed E-state index contributed by atoms with van der Waals surface area (Å²) in [4.78, 5) is 6.18. The molecule has 1 fully saturated rings. The Balaban J connectivity index is 1.85. The van der Waals surface area contributed by atoms with Crippen LogP contribution in [0.4, 0.5) is 13.2 Å². The normalized spacial score (nSPS) is 19.4. The molecule has 3 rings (SSSR count). The van der Waals surface area contributed by atoms with Crippen LogP contribution in [0.1, 0.15) is 22.7 Å². The molecule has 1 aromatic heterocycles. The summed E-state index contributed by atoms with van der Waals surface area (Å²) in [5, 5.41) is 3.43. The Kier molecular flexibility index (Phi) is 5.08. The molecule has 3 nitrogen and oxygen atoms in total. The summed E-state index contributed by atoms with van der Waals surface area (Å²) in [5.41, 5.74) is 0.951. The minimum atomic E-state index is -4.40. The Morgan fingerprint density at radius 3 is 2.67 bits per heavy atom.